The third kappa shape index (κ3) is 4.50. The Morgan fingerprint density at radius 2 is 2.00 bits per heavy atom. The van der Waals surface area contributed by atoms with E-state index in [2.05, 4.69) is 31.3 Å². The number of aliphatic carboxylic acids is 1. The zero-order valence-electron chi connectivity index (χ0n) is 14.1. The summed E-state index contributed by atoms with van der Waals surface area (Å²) >= 11 is 0. The van der Waals surface area contributed by atoms with Crippen molar-refractivity contribution in [3.63, 3.8) is 0 Å². The minimum Gasteiger partial charge on any atom is -0.475 e. The Labute approximate surface area is 143 Å². The minimum absolute atomic E-state index is 0.220. The molecule has 3 rings (SSSR count). The van der Waals surface area contributed by atoms with E-state index in [0.29, 0.717) is 12.0 Å². The third-order valence-corrected chi connectivity index (χ3v) is 4.34. The van der Waals surface area contributed by atoms with Crippen LogP contribution in [-0.2, 0) is 11.2 Å². The molecule has 1 aromatic carbocycles. The standard InChI is InChI=1S/C15H20N2O.C2HF3O2/c1-10(2)11-3-4-14-12(7-11)8-13-9-16-5-6-17(13)15(14)18;3-2(4,5)1(6)7/h3-4,7,10,13,16H,5-6,8-9H2,1-2H3;(H,6,7)/t13-;/m1./s1. The van der Waals surface area contributed by atoms with Crippen LogP contribution in [0.5, 0.6) is 0 Å². The summed E-state index contributed by atoms with van der Waals surface area (Å²) in [6.07, 6.45) is -4.09. The van der Waals surface area contributed by atoms with E-state index >= 15 is 0 Å². The van der Waals surface area contributed by atoms with Gasteiger partial charge >= 0.3 is 12.1 Å². The lowest BCUT2D eigenvalue weighted by Crippen LogP contribution is -2.56. The van der Waals surface area contributed by atoms with E-state index in [1.54, 1.807) is 0 Å². The summed E-state index contributed by atoms with van der Waals surface area (Å²) in [5.74, 6) is -2.02. The molecular weight excluding hydrogens is 337 g/mol. The fraction of sp³-hybridized carbons (Fsp3) is 0.529. The lowest BCUT2D eigenvalue weighted by Gasteiger charge is -2.40. The van der Waals surface area contributed by atoms with Gasteiger partial charge in [0, 0.05) is 31.2 Å². The first kappa shape index (κ1) is 19.2. The number of fused-ring (bicyclic) bond motifs is 2. The molecule has 8 heteroatoms. The lowest BCUT2D eigenvalue weighted by atomic mass is 9.89. The van der Waals surface area contributed by atoms with Gasteiger partial charge in [-0.1, -0.05) is 26.0 Å². The Bertz CT molecular complexity index is 659. The van der Waals surface area contributed by atoms with Gasteiger partial charge in [0.2, 0.25) is 0 Å². The molecule has 0 spiro atoms. The molecule has 1 amide bonds. The molecule has 2 heterocycles. The normalized spacial score (nSPS) is 19.7. The molecule has 1 atom stereocenters. The highest BCUT2D eigenvalue weighted by Crippen LogP contribution is 2.27. The molecule has 2 N–H and O–H groups in total. The number of nitrogens with zero attached hydrogens (tertiary/aromatic N) is 1. The fourth-order valence-corrected chi connectivity index (χ4v) is 2.97. The van der Waals surface area contributed by atoms with Gasteiger partial charge in [0.15, 0.2) is 0 Å². The molecule has 0 unspecified atom stereocenters. The predicted octanol–water partition coefficient (Wildman–Crippen LogP) is 2.41. The van der Waals surface area contributed by atoms with Crippen molar-refractivity contribution in [2.75, 3.05) is 19.6 Å². The van der Waals surface area contributed by atoms with Crippen molar-refractivity contribution in [3.05, 3.63) is 34.9 Å². The van der Waals surface area contributed by atoms with Crippen molar-refractivity contribution in [1.29, 1.82) is 0 Å². The van der Waals surface area contributed by atoms with Gasteiger partial charge in [-0.05, 0) is 29.5 Å². The first-order valence-electron chi connectivity index (χ1n) is 8.06. The topological polar surface area (TPSA) is 69.6 Å². The number of carboxylic acid groups (broad SMARTS) is 1. The van der Waals surface area contributed by atoms with E-state index < -0.39 is 12.1 Å². The molecule has 1 fully saturated rings. The highest BCUT2D eigenvalue weighted by atomic mass is 19.4. The van der Waals surface area contributed by atoms with Crippen LogP contribution in [0.15, 0.2) is 18.2 Å². The molecule has 2 aliphatic heterocycles. The van der Waals surface area contributed by atoms with Crippen LogP contribution >= 0.6 is 0 Å². The molecule has 138 valence electrons. The van der Waals surface area contributed by atoms with Crippen molar-refractivity contribution in [2.24, 2.45) is 0 Å². The predicted molar refractivity (Wildman–Crippen MR) is 85.6 cm³/mol. The van der Waals surface area contributed by atoms with Gasteiger partial charge in [0.25, 0.3) is 5.91 Å². The van der Waals surface area contributed by atoms with Crippen LogP contribution < -0.4 is 5.32 Å². The average Bonchev–Trinajstić information content (AvgIpc) is 2.54. The van der Waals surface area contributed by atoms with E-state index in [9.17, 15) is 18.0 Å². The zero-order chi connectivity index (χ0) is 18.8. The summed E-state index contributed by atoms with van der Waals surface area (Å²) in [7, 11) is 0. The van der Waals surface area contributed by atoms with Crippen molar-refractivity contribution in [1.82, 2.24) is 10.2 Å². The molecule has 0 radical (unpaired) electrons. The number of hydrogen-bond donors (Lipinski definition) is 2. The van der Waals surface area contributed by atoms with Gasteiger partial charge in [0.1, 0.15) is 0 Å². The van der Waals surface area contributed by atoms with Crippen molar-refractivity contribution < 1.29 is 27.9 Å². The number of hydrogen-bond acceptors (Lipinski definition) is 3. The molecule has 0 saturated carbocycles. The van der Waals surface area contributed by atoms with Crippen LogP contribution in [0.2, 0.25) is 0 Å². The van der Waals surface area contributed by atoms with Crippen LogP contribution in [0.3, 0.4) is 0 Å². The molecular formula is C17H21F3N2O3. The van der Waals surface area contributed by atoms with E-state index in [1.165, 1.54) is 11.1 Å². The van der Waals surface area contributed by atoms with Crippen LogP contribution in [0.1, 0.15) is 41.3 Å². The van der Waals surface area contributed by atoms with Gasteiger partial charge in [-0.3, -0.25) is 4.79 Å². The molecule has 1 saturated heterocycles. The number of carbonyl (C=O) groups is 2. The first-order chi connectivity index (χ1) is 11.6. The fourth-order valence-electron chi connectivity index (χ4n) is 2.97. The Balaban J connectivity index is 0.000000277. The SMILES string of the molecule is CC(C)c1ccc2c(c1)C[C@@H]1CNCCN1C2=O.O=C(O)C(F)(F)F. The van der Waals surface area contributed by atoms with Crippen molar-refractivity contribution >= 4 is 11.9 Å². The van der Waals surface area contributed by atoms with E-state index in [4.69, 9.17) is 9.90 Å². The highest BCUT2D eigenvalue weighted by Gasteiger charge is 2.38. The maximum atomic E-state index is 12.4. The number of nitrogens with one attached hydrogen (secondary N) is 1. The largest absolute Gasteiger partial charge is 0.490 e. The summed E-state index contributed by atoms with van der Waals surface area (Å²) in [5.41, 5.74) is 3.48. The smallest absolute Gasteiger partial charge is 0.475 e. The Kier molecular flexibility index (Phi) is 5.72. The number of amides is 1. The second-order valence-corrected chi connectivity index (χ2v) is 6.43. The third-order valence-electron chi connectivity index (χ3n) is 4.34. The molecule has 0 aromatic heterocycles. The van der Waals surface area contributed by atoms with E-state index in [1.807, 2.05) is 11.0 Å². The summed E-state index contributed by atoms with van der Waals surface area (Å²) < 4.78 is 31.7. The minimum atomic E-state index is -5.08. The summed E-state index contributed by atoms with van der Waals surface area (Å²) in [4.78, 5) is 23.4. The maximum absolute atomic E-state index is 12.4. The second kappa shape index (κ2) is 7.43. The van der Waals surface area contributed by atoms with Crippen LogP contribution in [0.4, 0.5) is 13.2 Å². The maximum Gasteiger partial charge on any atom is 0.490 e. The van der Waals surface area contributed by atoms with Gasteiger partial charge in [-0.2, -0.15) is 13.2 Å². The van der Waals surface area contributed by atoms with Crippen molar-refractivity contribution in [3.8, 4) is 0 Å². The molecule has 5 nitrogen and oxygen atoms in total. The lowest BCUT2D eigenvalue weighted by molar-refractivity contribution is -0.192. The van der Waals surface area contributed by atoms with Crippen LogP contribution in [0, 0.1) is 0 Å². The summed E-state index contributed by atoms with van der Waals surface area (Å²) in [6, 6.07) is 6.69. The van der Waals surface area contributed by atoms with Gasteiger partial charge in [-0.25, -0.2) is 4.79 Å². The van der Waals surface area contributed by atoms with Crippen molar-refractivity contribution in [2.45, 2.75) is 38.4 Å². The molecule has 25 heavy (non-hydrogen) atoms. The molecule has 2 aliphatic rings. The molecule has 1 aromatic rings. The summed E-state index contributed by atoms with van der Waals surface area (Å²) in [6.45, 7) is 7.08. The number of carbonyl (C=O) groups excluding carboxylic acids is 1. The quantitative estimate of drug-likeness (QED) is 0.809. The summed E-state index contributed by atoms with van der Waals surface area (Å²) in [5, 5.41) is 10.5. The number of piperazine rings is 1. The second-order valence-electron chi connectivity index (χ2n) is 6.43. The van der Waals surface area contributed by atoms with E-state index in [0.717, 1.165) is 31.6 Å². The Morgan fingerprint density at radius 1 is 1.36 bits per heavy atom. The molecule has 0 bridgehead atoms. The highest BCUT2D eigenvalue weighted by molar-refractivity contribution is 5.97. The number of rotatable bonds is 1. The van der Waals surface area contributed by atoms with Gasteiger partial charge < -0.3 is 15.3 Å². The number of carboxylic acids is 1. The number of halogens is 3. The van der Waals surface area contributed by atoms with Gasteiger partial charge in [0.05, 0.1) is 0 Å². The average molecular weight is 358 g/mol. The number of benzene rings is 1. The van der Waals surface area contributed by atoms with E-state index in [-0.39, 0.29) is 5.91 Å². The zero-order valence-corrected chi connectivity index (χ0v) is 14.1. The van der Waals surface area contributed by atoms with Gasteiger partial charge in [-0.15, -0.1) is 0 Å². The number of alkyl halides is 3. The molecule has 0 aliphatic carbocycles. The van der Waals surface area contributed by atoms with Crippen LogP contribution in [-0.4, -0.2) is 53.7 Å². The Morgan fingerprint density at radius 3 is 2.56 bits per heavy atom. The monoisotopic (exact) mass is 358 g/mol. The Hall–Kier alpha value is -2.09. The van der Waals surface area contributed by atoms with Crippen LogP contribution in [0.25, 0.3) is 0 Å². The first-order valence-corrected chi connectivity index (χ1v) is 8.06.